The van der Waals surface area contributed by atoms with Gasteiger partial charge in [-0.2, -0.15) is 0 Å². The number of hydrogen-bond acceptors (Lipinski definition) is 1. The highest BCUT2D eigenvalue weighted by Gasteiger charge is 2.06. The van der Waals surface area contributed by atoms with Crippen molar-refractivity contribution in [3.8, 4) is 0 Å². The molecule has 3 nitrogen and oxygen atoms in total. The molecule has 0 bridgehead atoms. The van der Waals surface area contributed by atoms with E-state index in [2.05, 4.69) is 0 Å². The van der Waals surface area contributed by atoms with Crippen LogP contribution in [0, 0.1) is 0 Å². The van der Waals surface area contributed by atoms with Gasteiger partial charge >= 0.3 is 5.97 Å². The fourth-order valence-electron chi connectivity index (χ4n) is 1.60. The predicted molar refractivity (Wildman–Crippen MR) is 59.2 cm³/mol. The summed E-state index contributed by atoms with van der Waals surface area (Å²) >= 11 is 6.02. The van der Waals surface area contributed by atoms with Crippen molar-refractivity contribution in [2.24, 2.45) is 0 Å². The molecule has 0 aliphatic rings. The molecule has 1 aromatic carbocycles. The maximum atomic E-state index is 10.5. The topological polar surface area (TPSA) is 42.2 Å². The summed E-state index contributed by atoms with van der Waals surface area (Å²) in [5, 5.41) is 10.2. The standard InChI is InChI=1S/C11H10ClNO2/c12-9-7-13(6-5-11(14)15)10-4-2-1-3-8(9)10/h1-4,7H,5-6H2,(H,14,15). The molecule has 0 saturated heterocycles. The summed E-state index contributed by atoms with van der Waals surface area (Å²) < 4.78 is 1.87. The van der Waals surface area contributed by atoms with E-state index in [1.807, 2.05) is 28.8 Å². The van der Waals surface area contributed by atoms with E-state index in [9.17, 15) is 4.79 Å². The second-order valence-electron chi connectivity index (χ2n) is 3.33. The highest BCUT2D eigenvalue weighted by atomic mass is 35.5. The molecule has 0 radical (unpaired) electrons. The summed E-state index contributed by atoms with van der Waals surface area (Å²) in [7, 11) is 0. The van der Waals surface area contributed by atoms with Crippen molar-refractivity contribution >= 4 is 28.5 Å². The molecule has 15 heavy (non-hydrogen) atoms. The maximum Gasteiger partial charge on any atom is 0.305 e. The minimum absolute atomic E-state index is 0.106. The van der Waals surface area contributed by atoms with E-state index in [0.29, 0.717) is 11.6 Å². The number of benzene rings is 1. The number of aromatic nitrogens is 1. The fourth-order valence-corrected chi connectivity index (χ4v) is 1.88. The van der Waals surface area contributed by atoms with Crippen LogP contribution in [0.5, 0.6) is 0 Å². The van der Waals surface area contributed by atoms with E-state index in [1.165, 1.54) is 0 Å². The summed E-state index contributed by atoms with van der Waals surface area (Å²) in [4.78, 5) is 10.5. The van der Waals surface area contributed by atoms with E-state index >= 15 is 0 Å². The van der Waals surface area contributed by atoms with Crippen LogP contribution in [0.2, 0.25) is 5.02 Å². The zero-order valence-electron chi connectivity index (χ0n) is 7.98. The van der Waals surface area contributed by atoms with Gasteiger partial charge in [0.2, 0.25) is 0 Å². The summed E-state index contributed by atoms with van der Waals surface area (Å²) in [5.41, 5.74) is 0.976. The Morgan fingerprint density at radius 1 is 1.40 bits per heavy atom. The van der Waals surface area contributed by atoms with Gasteiger partial charge in [0.25, 0.3) is 0 Å². The number of para-hydroxylation sites is 1. The Kier molecular flexibility index (Phi) is 2.64. The quantitative estimate of drug-likeness (QED) is 0.870. The van der Waals surface area contributed by atoms with Crippen LogP contribution in [0.25, 0.3) is 10.9 Å². The van der Waals surface area contributed by atoms with Crippen molar-refractivity contribution in [1.29, 1.82) is 0 Å². The third kappa shape index (κ3) is 1.97. The molecule has 0 spiro atoms. The lowest BCUT2D eigenvalue weighted by molar-refractivity contribution is -0.137. The Labute approximate surface area is 91.9 Å². The van der Waals surface area contributed by atoms with E-state index in [0.717, 1.165) is 10.9 Å². The second-order valence-corrected chi connectivity index (χ2v) is 3.74. The first-order chi connectivity index (χ1) is 7.18. The minimum atomic E-state index is -0.802. The van der Waals surface area contributed by atoms with Crippen molar-refractivity contribution in [1.82, 2.24) is 4.57 Å². The Morgan fingerprint density at radius 2 is 2.13 bits per heavy atom. The molecule has 1 aromatic heterocycles. The molecule has 2 rings (SSSR count). The number of rotatable bonds is 3. The number of halogens is 1. The van der Waals surface area contributed by atoms with Gasteiger partial charge in [-0.25, -0.2) is 0 Å². The molecule has 0 saturated carbocycles. The summed E-state index contributed by atoms with van der Waals surface area (Å²) in [6.45, 7) is 0.447. The summed E-state index contributed by atoms with van der Waals surface area (Å²) in [6.07, 6.45) is 1.88. The van der Waals surface area contributed by atoms with Gasteiger partial charge in [0.15, 0.2) is 0 Å². The van der Waals surface area contributed by atoms with Crippen molar-refractivity contribution in [2.45, 2.75) is 13.0 Å². The molecular weight excluding hydrogens is 214 g/mol. The van der Waals surface area contributed by atoms with Crippen molar-refractivity contribution in [3.05, 3.63) is 35.5 Å². The zero-order valence-corrected chi connectivity index (χ0v) is 8.74. The first-order valence-corrected chi connectivity index (χ1v) is 5.01. The summed E-state index contributed by atoms with van der Waals surface area (Å²) in [5.74, 6) is -0.802. The van der Waals surface area contributed by atoms with Crippen LogP contribution in [0.4, 0.5) is 0 Å². The molecule has 0 unspecified atom stereocenters. The van der Waals surface area contributed by atoms with Gasteiger partial charge in [0.05, 0.1) is 11.4 Å². The number of aryl methyl sites for hydroxylation is 1. The molecule has 0 amide bonds. The zero-order chi connectivity index (χ0) is 10.8. The maximum absolute atomic E-state index is 10.5. The molecule has 0 fully saturated rings. The highest BCUT2D eigenvalue weighted by Crippen LogP contribution is 2.25. The van der Waals surface area contributed by atoms with E-state index in [4.69, 9.17) is 16.7 Å². The third-order valence-corrected chi connectivity index (χ3v) is 2.61. The first kappa shape index (κ1) is 10.1. The van der Waals surface area contributed by atoms with Crippen LogP contribution in [-0.4, -0.2) is 15.6 Å². The lowest BCUT2D eigenvalue weighted by atomic mass is 10.2. The highest BCUT2D eigenvalue weighted by molar-refractivity contribution is 6.35. The molecular formula is C11H10ClNO2. The van der Waals surface area contributed by atoms with Crippen molar-refractivity contribution in [3.63, 3.8) is 0 Å². The normalized spacial score (nSPS) is 10.7. The Morgan fingerprint density at radius 3 is 2.87 bits per heavy atom. The SMILES string of the molecule is O=C(O)CCn1cc(Cl)c2ccccc21. The Bertz CT molecular complexity index is 504. The monoisotopic (exact) mass is 223 g/mol. The minimum Gasteiger partial charge on any atom is -0.481 e. The predicted octanol–water partition coefficient (Wildman–Crippen LogP) is 2.77. The Hall–Kier alpha value is -1.48. The Balaban J connectivity index is 2.39. The van der Waals surface area contributed by atoms with Crippen LogP contribution >= 0.6 is 11.6 Å². The van der Waals surface area contributed by atoms with Crippen molar-refractivity contribution < 1.29 is 9.90 Å². The number of hydrogen-bond donors (Lipinski definition) is 1. The molecule has 2 aromatic rings. The average Bonchev–Trinajstić information content (AvgIpc) is 2.54. The van der Waals surface area contributed by atoms with Gasteiger partial charge in [0.1, 0.15) is 0 Å². The van der Waals surface area contributed by atoms with Gasteiger partial charge in [0, 0.05) is 23.6 Å². The molecule has 1 N–H and O–H groups in total. The molecule has 78 valence electrons. The van der Waals surface area contributed by atoms with Crippen LogP contribution in [-0.2, 0) is 11.3 Å². The first-order valence-electron chi connectivity index (χ1n) is 4.63. The second kappa shape index (κ2) is 3.95. The number of fused-ring (bicyclic) bond motifs is 1. The molecule has 1 heterocycles. The van der Waals surface area contributed by atoms with Crippen LogP contribution < -0.4 is 0 Å². The van der Waals surface area contributed by atoms with Gasteiger partial charge in [-0.1, -0.05) is 29.8 Å². The lowest BCUT2D eigenvalue weighted by Gasteiger charge is -2.01. The van der Waals surface area contributed by atoms with Gasteiger partial charge in [-0.15, -0.1) is 0 Å². The number of carbonyl (C=O) groups is 1. The van der Waals surface area contributed by atoms with E-state index in [1.54, 1.807) is 6.20 Å². The van der Waals surface area contributed by atoms with Gasteiger partial charge < -0.3 is 9.67 Å². The van der Waals surface area contributed by atoms with Crippen molar-refractivity contribution in [2.75, 3.05) is 0 Å². The van der Waals surface area contributed by atoms with Crippen LogP contribution in [0.1, 0.15) is 6.42 Å². The number of carboxylic acid groups (broad SMARTS) is 1. The smallest absolute Gasteiger partial charge is 0.305 e. The molecule has 0 atom stereocenters. The number of aliphatic carboxylic acids is 1. The third-order valence-electron chi connectivity index (χ3n) is 2.31. The van der Waals surface area contributed by atoms with Gasteiger partial charge in [-0.3, -0.25) is 4.79 Å². The van der Waals surface area contributed by atoms with E-state index < -0.39 is 5.97 Å². The molecule has 0 aliphatic carbocycles. The molecule has 4 heteroatoms. The van der Waals surface area contributed by atoms with Crippen LogP contribution in [0.3, 0.4) is 0 Å². The fraction of sp³-hybridized carbons (Fsp3) is 0.182. The lowest BCUT2D eigenvalue weighted by Crippen LogP contribution is -2.03. The van der Waals surface area contributed by atoms with Gasteiger partial charge in [-0.05, 0) is 6.07 Å². The average molecular weight is 224 g/mol. The van der Waals surface area contributed by atoms with E-state index in [-0.39, 0.29) is 6.42 Å². The largest absolute Gasteiger partial charge is 0.481 e. The number of nitrogens with zero attached hydrogens (tertiary/aromatic N) is 1. The summed E-state index contributed by atoms with van der Waals surface area (Å²) in [6, 6.07) is 7.68. The number of carboxylic acids is 1. The van der Waals surface area contributed by atoms with Crippen LogP contribution in [0.15, 0.2) is 30.5 Å². The molecule has 0 aliphatic heterocycles.